The van der Waals surface area contributed by atoms with Gasteiger partial charge in [-0.3, -0.25) is 0 Å². The van der Waals surface area contributed by atoms with Crippen LogP contribution in [-0.4, -0.2) is 14.5 Å². The number of aromatic nitrogens is 3. The third kappa shape index (κ3) is 4.68. The van der Waals surface area contributed by atoms with E-state index in [1.807, 2.05) is 24.3 Å². The van der Waals surface area contributed by atoms with Crippen molar-refractivity contribution >= 4 is 32.6 Å². The first-order valence-electron chi connectivity index (χ1n) is 15.9. The Labute approximate surface area is 273 Å². The molecular weight excluding hydrogens is 571 g/mol. The fourth-order valence-corrected chi connectivity index (χ4v) is 6.82. The monoisotopic (exact) mass is 599 g/mol. The summed E-state index contributed by atoms with van der Waals surface area (Å²) in [7, 11) is 0. The normalized spacial score (nSPS) is 11.4. The smallest absolute Gasteiger partial charge is 0.160 e. The van der Waals surface area contributed by atoms with Crippen molar-refractivity contribution in [1.82, 2.24) is 14.5 Å². The van der Waals surface area contributed by atoms with Crippen LogP contribution in [0, 0.1) is 0 Å². The summed E-state index contributed by atoms with van der Waals surface area (Å²) >= 11 is 0. The molecule has 0 saturated carbocycles. The minimum absolute atomic E-state index is 0.718. The Morgan fingerprint density at radius 2 is 0.830 bits per heavy atom. The zero-order valence-electron chi connectivity index (χ0n) is 25.6. The summed E-state index contributed by atoms with van der Waals surface area (Å²) in [5, 5.41) is 4.89. The van der Waals surface area contributed by atoms with Crippen molar-refractivity contribution in [2.75, 3.05) is 0 Å². The van der Waals surface area contributed by atoms with Gasteiger partial charge < -0.3 is 4.57 Å². The summed E-state index contributed by atoms with van der Waals surface area (Å²) in [4.78, 5) is 10.1. The Morgan fingerprint density at radius 3 is 1.47 bits per heavy atom. The number of hydrogen-bond donors (Lipinski definition) is 0. The molecule has 0 amide bonds. The number of benzene rings is 7. The third-order valence-electron chi connectivity index (χ3n) is 9.04. The molecule has 7 aromatic carbocycles. The van der Waals surface area contributed by atoms with Crippen LogP contribution in [0.25, 0.3) is 83.3 Å². The molecule has 0 N–H and O–H groups in total. The van der Waals surface area contributed by atoms with E-state index in [-0.39, 0.29) is 0 Å². The summed E-state index contributed by atoms with van der Waals surface area (Å²) < 4.78 is 2.36. The van der Waals surface area contributed by atoms with Gasteiger partial charge in [0.25, 0.3) is 0 Å². The summed E-state index contributed by atoms with van der Waals surface area (Å²) in [5.41, 5.74) is 10.9. The van der Waals surface area contributed by atoms with Crippen LogP contribution in [-0.2, 0) is 0 Å². The Bertz CT molecular complexity index is 2440. The standard InChI is InChI=1S/C44H29N3/c1-3-13-31(14-4-1)40-29-41(46-44(45-40)32-15-5-2-6-16-32)37-28-27-34(35-17-7-8-18-36(35)37)30-23-25-33(26-24-30)47-42-21-11-9-19-38(42)39-20-10-12-22-43(39)47/h1-29H. The second kappa shape index (κ2) is 11.2. The highest BCUT2D eigenvalue weighted by atomic mass is 15.0. The lowest BCUT2D eigenvalue weighted by molar-refractivity contribution is 1.18. The molecule has 2 heterocycles. The second-order valence-corrected chi connectivity index (χ2v) is 11.8. The van der Waals surface area contributed by atoms with E-state index in [4.69, 9.17) is 9.97 Å². The lowest BCUT2D eigenvalue weighted by atomic mass is 9.93. The molecule has 0 aliphatic rings. The fraction of sp³-hybridized carbons (Fsp3) is 0. The molecule has 0 spiro atoms. The maximum Gasteiger partial charge on any atom is 0.160 e. The molecule has 3 nitrogen and oxygen atoms in total. The van der Waals surface area contributed by atoms with Crippen molar-refractivity contribution in [1.29, 1.82) is 0 Å². The first kappa shape index (κ1) is 27.0. The minimum Gasteiger partial charge on any atom is -0.309 e. The lowest BCUT2D eigenvalue weighted by Gasteiger charge is -2.14. The van der Waals surface area contributed by atoms with Crippen LogP contribution < -0.4 is 0 Å². The average Bonchev–Trinajstić information content (AvgIpc) is 3.49. The second-order valence-electron chi connectivity index (χ2n) is 11.8. The van der Waals surface area contributed by atoms with Gasteiger partial charge in [0, 0.05) is 33.2 Å². The molecular formula is C44H29N3. The van der Waals surface area contributed by atoms with Crippen LogP contribution in [0.2, 0.25) is 0 Å². The van der Waals surface area contributed by atoms with Crippen LogP contribution in [0.1, 0.15) is 0 Å². The molecule has 0 aliphatic carbocycles. The van der Waals surface area contributed by atoms with Crippen molar-refractivity contribution < 1.29 is 0 Å². The van der Waals surface area contributed by atoms with Crippen LogP contribution >= 0.6 is 0 Å². The number of rotatable bonds is 5. The highest BCUT2D eigenvalue weighted by Gasteiger charge is 2.16. The van der Waals surface area contributed by atoms with E-state index >= 15 is 0 Å². The third-order valence-corrected chi connectivity index (χ3v) is 9.04. The van der Waals surface area contributed by atoms with Crippen molar-refractivity contribution in [3.05, 3.63) is 176 Å². The molecule has 0 radical (unpaired) electrons. The van der Waals surface area contributed by atoms with Crippen LogP contribution in [0.4, 0.5) is 0 Å². The van der Waals surface area contributed by atoms with Gasteiger partial charge in [-0.2, -0.15) is 0 Å². The van der Waals surface area contributed by atoms with Crippen LogP contribution in [0.3, 0.4) is 0 Å². The predicted molar refractivity (Wildman–Crippen MR) is 196 cm³/mol. The van der Waals surface area contributed by atoms with Gasteiger partial charge in [0.05, 0.1) is 22.4 Å². The zero-order valence-corrected chi connectivity index (χ0v) is 25.6. The van der Waals surface area contributed by atoms with Crippen LogP contribution in [0.5, 0.6) is 0 Å². The van der Waals surface area contributed by atoms with Gasteiger partial charge in [0.2, 0.25) is 0 Å². The van der Waals surface area contributed by atoms with Crippen molar-refractivity contribution in [2.24, 2.45) is 0 Å². The van der Waals surface area contributed by atoms with Crippen molar-refractivity contribution in [3.8, 4) is 50.7 Å². The average molecular weight is 600 g/mol. The van der Waals surface area contributed by atoms with Gasteiger partial charge in [-0.05, 0) is 52.2 Å². The summed E-state index contributed by atoms with van der Waals surface area (Å²) in [6.45, 7) is 0. The van der Waals surface area contributed by atoms with Crippen LogP contribution in [0.15, 0.2) is 176 Å². The van der Waals surface area contributed by atoms with Crippen molar-refractivity contribution in [3.63, 3.8) is 0 Å². The number of fused-ring (bicyclic) bond motifs is 4. The predicted octanol–water partition coefficient (Wildman–Crippen LogP) is 11.4. The molecule has 0 saturated heterocycles. The quantitative estimate of drug-likeness (QED) is 0.197. The Morgan fingerprint density at radius 1 is 0.340 bits per heavy atom. The number of hydrogen-bond acceptors (Lipinski definition) is 2. The molecule has 0 fully saturated rings. The molecule has 9 aromatic rings. The maximum absolute atomic E-state index is 5.13. The Balaban J connectivity index is 1.17. The van der Waals surface area contributed by atoms with E-state index in [1.165, 1.54) is 38.3 Å². The lowest BCUT2D eigenvalue weighted by Crippen LogP contribution is -1.97. The van der Waals surface area contributed by atoms with Gasteiger partial charge in [-0.25, -0.2) is 9.97 Å². The molecule has 3 heteroatoms. The number of nitrogens with zero attached hydrogens (tertiary/aromatic N) is 3. The zero-order chi connectivity index (χ0) is 31.2. The molecule has 2 aromatic heterocycles. The first-order chi connectivity index (χ1) is 23.3. The van der Waals surface area contributed by atoms with Gasteiger partial charge in [0.15, 0.2) is 5.82 Å². The molecule has 0 bridgehead atoms. The molecule has 0 atom stereocenters. The Kier molecular flexibility index (Phi) is 6.46. The van der Waals surface area contributed by atoms with Gasteiger partial charge in [-0.15, -0.1) is 0 Å². The van der Waals surface area contributed by atoms with E-state index in [2.05, 4.69) is 156 Å². The SMILES string of the molecule is c1ccc(-c2cc(-c3ccc(-c4ccc(-n5c6ccccc6c6ccccc65)cc4)c4ccccc34)nc(-c3ccccc3)n2)cc1. The highest BCUT2D eigenvalue weighted by Crippen LogP contribution is 2.38. The first-order valence-corrected chi connectivity index (χ1v) is 15.9. The largest absolute Gasteiger partial charge is 0.309 e. The Hall–Kier alpha value is -6.32. The highest BCUT2D eigenvalue weighted by molar-refractivity contribution is 6.09. The molecule has 0 unspecified atom stereocenters. The van der Waals surface area contributed by atoms with Crippen molar-refractivity contribution in [2.45, 2.75) is 0 Å². The van der Waals surface area contributed by atoms with Gasteiger partial charge >= 0.3 is 0 Å². The van der Waals surface area contributed by atoms with E-state index in [0.717, 1.165) is 45.0 Å². The van der Waals surface area contributed by atoms with E-state index in [0.29, 0.717) is 0 Å². The molecule has 9 rings (SSSR count). The maximum atomic E-state index is 5.13. The van der Waals surface area contributed by atoms with E-state index < -0.39 is 0 Å². The molecule has 47 heavy (non-hydrogen) atoms. The van der Waals surface area contributed by atoms with E-state index in [9.17, 15) is 0 Å². The summed E-state index contributed by atoms with van der Waals surface area (Å²) in [5.74, 6) is 0.718. The molecule has 0 aliphatic heterocycles. The van der Waals surface area contributed by atoms with E-state index in [1.54, 1.807) is 0 Å². The molecule has 220 valence electrons. The van der Waals surface area contributed by atoms with Gasteiger partial charge in [-0.1, -0.05) is 146 Å². The minimum atomic E-state index is 0.718. The summed E-state index contributed by atoms with van der Waals surface area (Å²) in [6, 6.07) is 62.0. The van der Waals surface area contributed by atoms with Gasteiger partial charge in [0.1, 0.15) is 0 Å². The summed E-state index contributed by atoms with van der Waals surface area (Å²) in [6.07, 6.45) is 0. The fourth-order valence-electron chi connectivity index (χ4n) is 6.82. The topological polar surface area (TPSA) is 30.7 Å². The number of para-hydroxylation sites is 2.